The molecule has 1 N–H and O–H groups in total. The summed E-state index contributed by atoms with van der Waals surface area (Å²) < 4.78 is 7.25. The zero-order valence-corrected chi connectivity index (χ0v) is 19.1. The van der Waals surface area contributed by atoms with E-state index < -0.39 is 0 Å². The largest absolute Gasteiger partial charge is 0.385 e. The quantitative estimate of drug-likeness (QED) is 0.262. The van der Waals surface area contributed by atoms with E-state index >= 15 is 0 Å². The van der Waals surface area contributed by atoms with Crippen LogP contribution in [0.2, 0.25) is 0 Å². The summed E-state index contributed by atoms with van der Waals surface area (Å²) in [6, 6.07) is 8.68. The Morgan fingerprint density at radius 2 is 2.11 bits per heavy atom. The van der Waals surface area contributed by atoms with Gasteiger partial charge in [-0.2, -0.15) is 0 Å². The van der Waals surface area contributed by atoms with E-state index in [2.05, 4.69) is 56.2 Å². The minimum absolute atomic E-state index is 0. The average molecular weight is 498 g/mol. The second kappa shape index (κ2) is 12.0. The van der Waals surface area contributed by atoms with Crippen molar-refractivity contribution in [1.29, 1.82) is 0 Å². The van der Waals surface area contributed by atoms with Crippen LogP contribution in [0.1, 0.15) is 30.3 Å². The van der Waals surface area contributed by atoms with Gasteiger partial charge in [-0.05, 0) is 24.0 Å². The maximum absolute atomic E-state index is 5.15. The van der Waals surface area contributed by atoms with Crippen molar-refractivity contribution in [2.24, 2.45) is 4.99 Å². The van der Waals surface area contributed by atoms with E-state index in [0.717, 1.165) is 70.4 Å². The van der Waals surface area contributed by atoms with Gasteiger partial charge in [0.2, 0.25) is 0 Å². The van der Waals surface area contributed by atoms with Crippen molar-refractivity contribution in [2.75, 3.05) is 33.4 Å². The molecule has 0 saturated carbocycles. The first-order chi connectivity index (χ1) is 13.3. The fourth-order valence-electron chi connectivity index (χ4n) is 3.37. The summed E-state index contributed by atoms with van der Waals surface area (Å²) in [6.45, 7) is 7.12. The summed E-state index contributed by atoms with van der Waals surface area (Å²) in [5, 5.41) is 11.7. The molecule has 0 unspecified atom stereocenters. The summed E-state index contributed by atoms with van der Waals surface area (Å²) in [6.07, 6.45) is 4.67. The van der Waals surface area contributed by atoms with Crippen LogP contribution < -0.4 is 5.32 Å². The van der Waals surface area contributed by atoms with Gasteiger partial charge in [-0.25, -0.2) is 0 Å². The van der Waals surface area contributed by atoms with E-state index in [4.69, 9.17) is 9.73 Å². The lowest BCUT2D eigenvalue weighted by Crippen LogP contribution is -2.45. The standard InChI is InChI=1S/C20H30N6O.HI/c1-3-19-24-23-16-26(19)13-11-22-20(21-10-6-14-27-2)25-12-9-17-7-4-5-8-18(17)15-25;/h4-5,7-8,16H,3,6,9-15H2,1-2H3,(H,21,22);1H. The molecule has 0 atom stereocenters. The van der Waals surface area contributed by atoms with Gasteiger partial charge in [0, 0.05) is 52.9 Å². The molecule has 2 aromatic rings. The number of guanidine groups is 1. The summed E-state index contributed by atoms with van der Waals surface area (Å²) in [7, 11) is 1.73. The maximum Gasteiger partial charge on any atom is 0.194 e. The molecular weight excluding hydrogens is 467 g/mol. The lowest BCUT2D eigenvalue weighted by Gasteiger charge is -2.32. The van der Waals surface area contributed by atoms with E-state index in [1.54, 1.807) is 13.4 Å². The Hall–Kier alpha value is -1.68. The van der Waals surface area contributed by atoms with Crippen molar-refractivity contribution in [3.63, 3.8) is 0 Å². The Morgan fingerprint density at radius 1 is 1.29 bits per heavy atom. The Morgan fingerprint density at radius 3 is 2.89 bits per heavy atom. The molecule has 0 radical (unpaired) electrons. The number of hydrogen-bond donors (Lipinski definition) is 1. The predicted molar refractivity (Wildman–Crippen MR) is 122 cm³/mol. The number of hydrogen-bond acceptors (Lipinski definition) is 4. The van der Waals surface area contributed by atoms with Crippen LogP contribution in [0.5, 0.6) is 0 Å². The van der Waals surface area contributed by atoms with Crippen molar-refractivity contribution < 1.29 is 4.74 Å². The molecule has 0 spiro atoms. The third kappa shape index (κ3) is 6.16. The van der Waals surface area contributed by atoms with E-state index in [1.807, 2.05) is 0 Å². The Balaban J connectivity index is 0.00000280. The lowest BCUT2D eigenvalue weighted by molar-refractivity contribution is 0.196. The van der Waals surface area contributed by atoms with Crippen molar-refractivity contribution in [3.05, 3.63) is 47.5 Å². The number of aryl methyl sites for hydroxylation is 1. The van der Waals surface area contributed by atoms with Crippen LogP contribution >= 0.6 is 24.0 Å². The van der Waals surface area contributed by atoms with Gasteiger partial charge in [0.05, 0.1) is 0 Å². The molecule has 1 aliphatic rings. The van der Waals surface area contributed by atoms with Gasteiger partial charge in [-0.3, -0.25) is 4.99 Å². The first-order valence-electron chi connectivity index (χ1n) is 9.77. The highest BCUT2D eigenvalue weighted by atomic mass is 127. The predicted octanol–water partition coefficient (Wildman–Crippen LogP) is 2.50. The normalized spacial score (nSPS) is 13.8. The molecule has 7 nitrogen and oxygen atoms in total. The summed E-state index contributed by atoms with van der Waals surface area (Å²) in [5.41, 5.74) is 2.84. The molecule has 0 bridgehead atoms. The number of halogens is 1. The number of fused-ring (bicyclic) bond motifs is 1. The molecule has 0 aliphatic carbocycles. The van der Waals surface area contributed by atoms with Crippen molar-refractivity contribution in [1.82, 2.24) is 25.0 Å². The summed E-state index contributed by atoms with van der Waals surface area (Å²) >= 11 is 0. The van der Waals surface area contributed by atoms with E-state index in [1.165, 1.54) is 11.1 Å². The third-order valence-electron chi connectivity index (χ3n) is 4.85. The molecule has 28 heavy (non-hydrogen) atoms. The van der Waals surface area contributed by atoms with Crippen LogP contribution in [-0.4, -0.2) is 59.0 Å². The molecule has 3 rings (SSSR count). The van der Waals surface area contributed by atoms with Crippen LogP contribution in [0.3, 0.4) is 0 Å². The summed E-state index contributed by atoms with van der Waals surface area (Å²) in [4.78, 5) is 7.18. The lowest BCUT2D eigenvalue weighted by atomic mass is 10.0. The number of nitrogens with zero attached hydrogens (tertiary/aromatic N) is 5. The third-order valence-corrected chi connectivity index (χ3v) is 4.85. The zero-order chi connectivity index (χ0) is 18.9. The number of rotatable bonds is 8. The Labute approximate surface area is 184 Å². The SMILES string of the molecule is CCc1nncn1CCNC(=NCCCOC)N1CCc2ccccc2C1.I. The monoisotopic (exact) mass is 498 g/mol. The van der Waals surface area contributed by atoms with Crippen molar-refractivity contribution in [2.45, 2.75) is 39.3 Å². The second-order valence-corrected chi connectivity index (χ2v) is 6.71. The first-order valence-corrected chi connectivity index (χ1v) is 9.77. The molecule has 0 fully saturated rings. The molecule has 1 aromatic heterocycles. The number of nitrogens with one attached hydrogen (secondary N) is 1. The van der Waals surface area contributed by atoms with Gasteiger partial charge < -0.3 is 19.5 Å². The zero-order valence-electron chi connectivity index (χ0n) is 16.8. The number of ether oxygens (including phenoxy) is 1. The number of benzene rings is 1. The molecule has 2 heterocycles. The molecule has 154 valence electrons. The molecule has 1 aliphatic heterocycles. The van der Waals surface area contributed by atoms with Gasteiger partial charge in [-0.15, -0.1) is 34.2 Å². The van der Waals surface area contributed by atoms with Gasteiger partial charge in [0.15, 0.2) is 5.96 Å². The van der Waals surface area contributed by atoms with Gasteiger partial charge in [-0.1, -0.05) is 31.2 Å². The van der Waals surface area contributed by atoms with Crippen LogP contribution in [-0.2, 0) is 30.7 Å². The van der Waals surface area contributed by atoms with Crippen LogP contribution in [0, 0.1) is 0 Å². The fourth-order valence-corrected chi connectivity index (χ4v) is 3.37. The average Bonchev–Trinajstić information content (AvgIpc) is 3.17. The molecule has 8 heteroatoms. The molecular formula is C20H31IN6O. The molecule has 0 saturated heterocycles. The number of aromatic nitrogens is 3. The highest BCUT2D eigenvalue weighted by molar-refractivity contribution is 14.0. The highest BCUT2D eigenvalue weighted by Gasteiger charge is 2.18. The minimum Gasteiger partial charge on any atom is -0.385 e. The first kappa shape index (κ1) is 22.6. The molecule has 0 amide bonds. The van der Waals surface area contributed by atoms with Crippen molar-refractivity contribution >= 4 is 29.9 Å². The summed E-state index contributed by atoms with van der Waals surface area (Å²) in [5.74, 6) is 1.99. The Kier molecular flexibility index (Phi) is 9.69. The van der Waals surface area contributed by atoms with Crippen LogP contribution in [0.15, 0.2) is 35.6 Å². The van der Waals surface area contributed by atoms with E-state index in [9.17, 15) is 0 Å². The van der Waals surface area contributed by atoms with Gasteiger partial charge >= 0.3 is 0 Å². The van der Waals surface area contributed by atoms with Crippen LogP contribution in [0.25, 0.3) is 0 Å². The maximum atomic E-state index is 5.15. The second-order valence-electron chi connectivity index (χ2n) is 6.71. The van der Waals surface area contributed by atoms with E-state index in [-0.39, 0.29) is 24.0 Å². The topological polar surface area (TPSA) is 67.6 Å². The van der Waals surface area contributed by atoms with Gasteiger partial charge in [0.25, 0.3) is 0 Å². The van der Waals surface area contributed by atoms with Crippen molar-refractivity contribution in [3.8, 4) is 0 Å². The molecule has 1 aromatic carbocycles. The van der Waals surface area contributed by atoms with E-state index in [0.29, 0.717) is 0 Å². The highest BCUT2D eigenvalue weighted by Crippen LogP contribution is 2.18. The smallest absolute Gasteiger partial charge is 0.194 e. The minimum atomic E-state index is 0. The fraction of sp³-hybridized carbons (Fsp3) is 0.550. The Bertz CT molecular complexity index is 748. The van der Waals surface area contributed by atoms with Gasteiger partial charge in [0.1, 0.15) is 12.2 Å². The number of methoxy groups -OCH3 is 1. The van der Waals surface area contributed by atoms with Crippen LogP contribution in [0.4, 0.5) is 0 Å². The number of aliphatic imine (C=N–C) groups is 1.